The third kappa shape index (κ3) is 4.68. The van der Waals surface area contributed by atoms with E-state index in [0.717, 1.165) is 36.2 Å². The molecule has 0 radical (unpaired) electrons. The summed E-state index contributed by atoms with van der Waals surface area (Å²) in [5.74, 6) is 0.682. The third-order valence-electron chi connectivity index (χ3n) is 5.74. The van der Waals surface area contributed by atoms with Crippen LogP contribution in [0.25, 0.3) is 11.4 Å². The second-order valence-corrected chi connectivity index (χ2v) is 8.89. The first-order valence-electron chi connectivity index (χ1n) is 10.9. The van der Waals surface area contributed by atoms with Crippen molar-refractivity contribution in [1.29, 1.82) is 0 Å². The molecule has 3 aromatic carbocycles. The number of para-hydroxylation sites is 1. The van der Waals surface area contributed by atoms with Gasteiger partial charge in [-0.2, -0.15) is 0 Å². The molecule has 1 amide bonds. The zero-order chi connectivity index (χ0) is 22.6. The van der Waals surface area contributed by atoms with Gasteiger partial charge in [-0.1, -0.05) is 60.3 Å². The molecule has 5 nitrogen and oxygen atoms in total. The largest absolute Gasteiger partial charge is 0.311 e. The Morgan fingerprint density at radius 1 is 0.939 bits per heavy atom. The molecular weight excluding hydrogens is 435 g/mol. The minimum atomic E-state index is -0.296. The lowest BCUT2D eigenvalue weighted by molar-refractivity contribution is -0.116. The third-order valence-corrected chi connectivity index (χ3v) is 6.69. The molecule has 5 rings (SSSR count). The molecule has 1 aliphatic rings. The van der Waals surface area contributed by atoms with E-state index in [2.05, 4.69) is 16.3 Å². The lowest BCUT2D eigenvalue weighted by Crippen LogP contribution is -2.36. The predicted molar refractivity (Wildman–Crippen MR) is 129 cm³/mol. The van der Waals surface area contributed by atoms with Crippen molar-refractivity contribution < 1.29 is 9.18 Å². The minimum absolute atomic E-state index is 0.0599. The average molecular weight is 459 g/mol. The van der Waals surface area contributed by atoms with Gasteiger partial charge in [0.1, 0.15) is 5.82 Å². The van der Waals surface area contributed by atoms with Crippen molar-refractivity contribution in [1.82, 2.24) is 14.8 Å². The van der Waals surface area contributed by atoms with Crippen LogP contribution in [0, 0.1) is 5.82 Å². The van der Waals surface area contributed by atoms with Gasteiger partial charge in [0.2, 0.25) is 5.91 Å². The fraction of sp³-hybridized carbons (Fsp3) is 0.192. The van der Waals surface area contributed by atoms with Crippen LogP contribution in [0.1, 0.15) is 17.5 Å². The number of fused-ring (bicyclic) bond motifs is 1. The number of hydrogen-bond donors (Lipinski definition) is 0. The van der Waals surface area contributed by atoms with E-state index in [0.29, 0.717) is 17.5 Å². The zero-order valence-electron chi connectivity index (χ0n) is 18.0. The van der Waals surface area contributed by atoms with Crippen molar-refractivity contribution in [3.8, 4) is 11.4 Å². The molecule has 0 atom stereocenters. The lowest BCUT2D eigenvalue weighted by atomic mass is 10.0. The van der Waals surface area contributed by atoms with Gasteiger partial charge in [0.25, 0.3) is 0 Å². The molecule has 0 saturated carbocycles. The number of benzene rings is 3. The number of aryl methyl sites for hydroxylation is 1. The fourth-order valence-corrected chi connectivity index (χ4v) is 4.93. The monoisotopic (exact) mass is 458 g/mol. The molecule has 7 heteroatoms. The van der Waals surface area contributed by atoms with Crippen LogP contribution in [0.15, 0.2) is 84.0 Å². The van der Waals surface area contributed by atoms with E-state index >= 15 is 0 Å². The van der Waals surface area contributed by atoms with Crippen LogP contribution in [0.5, 0.6) is 0 Å². The van der Waals surface area contributed by atoms with Crippen LogP contribution >= 0.6 is 11.8 Å². The number of halogens is 1. The predicted octanol–water partition coefficient (Wildman–Crippen LogP) is 5.20. The molecule has 33 heavy (non-hydrogen) atoms. The molecule has 0 bridgehead atoms. The molecule has 0 unspecified atom stereocenters. The summed E-state index contributed by atoms with van der Waals surface area (Å²) < 4.78 is 15.4. The smallest absolute Gasteiger partial charge is 0.237 e. The number of nitrogens with zero attached hydrogens (tertiary/aromatic N) is 4. The summed E-state index contributed by atoms with van der Waals surface area (Å²) in [6, 6.07) is 24.4. The summed E-state index contributed by atoms with van der Waals surface area (Å²) in [5.41, 5.74) is 4.10. The van der Waals surface area contributed by atoms with Crippen LogP contribution in [-0.2, 0) is 17.8 Å². The first-order valence-corrected chi connectivity index (χ1v) is 11.9. The number of hydrogen-bond acceptors (Lipinski definition) is 4. The van der Waals surface area contributed by atoms with Crippen molar-refractivity contribution in [2.45, 2.75) is 24.5 Å². The summed E-state index contributed by atoms with van der Waals surface area (Å²) in [4.78, 5) is 15.0. The van der Waals surface area contributed by atoms with Gasteiger partial charge in [0.05, 0.1) is 12.3 Å². The van der Waals surface area contributed by atoms with Crippen LogP contribution < -0.4 is 4.90 Å². The van der Waals surface area contributed by atoms with Gasteiger partial charge in [-0.25, -0.2) is 4.39 Å². The van der Waals surface area contributed by atoms with Crippen molar-refractivity contribution in [2.24, 2.45) is 0 Å². The Hall–Kier alpha value is -3.45. The quantitative estimate of drug-likeness (QED) is 0.373. The number of aromatic nitrogens is 3. The highest BCUT2D eigenvalue weighted by Gasteiger charge is 2.23. The molecule has 0 fully saturated rings. The Kier molecular flexibility index (Phi) is 6.21. The number of thioether (sulfide) groups is 1. The molecule has 0 spiro atoms. The van der Waals surface area contributed by atoms with Crippen molar-refractivity contribution in [3.63, 3.8) is 0 Å². The van der Waals surface area contributed by atoms with E-state index in [-0.39, 0.29) is 17.5 Å². The highest BCUT2D eigenvalue weighted by Crippen LogP contribution is 2.29. The van der Waals surface area contributed by atoms with Crippen molar-refractivity contribution in [2.75, 3.05) is 17.2 Å². The van der Waals surface area contributed by atoms with Gasteiger partial charge >= 0.3 is 0 Å². The summed E-state index contributed by atoms with van der Waals surface area (Å²) in [6.45, 7) is 1.29. The topological polar surface area (TPSA) is 51.0 Å². The zero-order valence-corrected chi connectivity index (χ0v) is 18.8. The van der Waals surface area contributed by atoms with E-state index in [1.54, 1.807) is 12.1 Å². The maximum absolute atomic E-state index is 13.5. The Morgan fingerprint density at radius 3 is 2.52 bits per heavy atom. The summed E-state index contributed by atoms with van der Waals surface area (Å²) in [5, 5.41) is 9.43. The van der Waals surface area contributed by atoms with Gasteiger partial charge in [-0.05, 0) is 54.3 Å². The Morgan fingerprint density at radius 2 is 1.70 bits per heavy atom. The standard InChI is InChI=1S/C26H23FN4OS/c27-22-14-12-21(13-15-22)25-28-29-26(31(25)17-19-7-2-1-3-8-19)33-18-24(32)30-16-6-10-20-9-4-5-11-23(20)30/h1-5,7-9,11-15H,6,10,16-18H2. The molecule has 0 saturated heterocycles. The maximum atomic E-state index is 13.5. The number of anilines is 1. The molecule has 0 N–H and O–H groups in total. The second kappa shape index (κ2) is 9.58. The van der Waals surface area contributed by atoms with E-state index in [1.807, 2.05) is 58.0 Å². The highest BCUT2D eigenvalue weighted by molar-refractivity contribution is 7.99. The lowest BCUT2D eigenvalue weighted by Gasteiger charge is -2.29. The van der Waals surface area contributed by atoms with E-state index in [9.17, 15) is 9.18 Å². The van der Waals surface area contributed by atoms with Crippen LogP contribution in [0.3, 0.4) is 0 Å². The first kappa shape index (κ1) is 21.4. The molecule has 4 aromatic rings. The van der Waals surface area contributed by atoms with Gasteiger partial charge in [0, 0.05) is 17.8 Å². The Balaban J connectivity index is 1.40. The second-order valence-electron chi connectivity index (χ2n) is 7.95. The maximum Gasteiger partial charge on any atom is 0.237 e. The van der Waals surface area contributed by atoms with Gasteiger partial charge in [-0.3, -0.25) is 9.36 Å². The average Bonchev–Trinajstić information content (AvgIpc) is 3.25. The summed E-state index contributed by atoms with van der Waals surface area (Å²) in [6.07, 6.45) is 1.96. The minimum Gasteiger partial charge on any atom is -0.311 e. The molecule has 1 aliphatic heterocycles. The van der Waals surface area contributed by atoms with E-state index in [1.165, 1.54) is 29.5 Å². The number of carbonyl (C=O) groups is 1. The number of rotatable bonds is 6. The highest BCUT2D eigenvalue weighted by atomic mass is 32.2. The Labute approximate surface area is 196 Å². The number of carbonyl (C=O) groups excluding carboxylic acids is 1. The molecule has 166 valence electrons. The molecule has 0 aliphatic carbocycles. The van der Waals surface area contributed by atoms with E-state index < -0.39 is 0 Å². The normalized spacial score (nSPS) is 13.1. The van der Waals surface area contributed by atoms with Gasteiger partial charge in [0.15, 0.2) is 11.0 Å². The van der Waals surface area contributed by atoms with Crippen LogP contribution in [0.2, 0.25) is 0 Å². The summed E-state index contributed by atoms with van der Waals surface area (Å²) in [7, 11) is 0. The van der Waals surface area contributed by atoms with Gasteiger partial charge < -0.3 is 4.90 Å². The van der Waals surface area contributed by atoms with Crippen molar-refractivity contribution >= 4 is 23.4 Å². The molecule has 2 heterocycles. The SMILES string of the molecule is O=C(CSc1nnc(-c2ccc(F)cc2)n1Cc1ccccc1)N1CCCc2ccccc21. The van der Waals surface area contributed by atoms with E-state index in [4.69, 9.17) is 0 Å². The van der Waals surface area contributed by atoms with Crippen LogP contribution in [-0.4, -0.2) is 33.0 Å². The first-order chi connectivity index (χ1) is 16.2. The fourth-order valence-electron chi connectivity index (χ4n) is 4.11. The van der Waals surface area contributed by atoms with Gasteiger partial charge in [-0.15, -0.1) is 10.2 Å². The Bertz CT molecular complexity index is 1260. The van der Waals surface area contributed by atoms with Crippen LogP contribution in [0.4, 0.5) is 10.1 Å². The molecular formula is C26H23FN4OS. The number of amides is 1. The van der Waals surface area contributed by atoms with Crippen molar-refractivity contribution in [3.05, 3.63) is 95.8 Å². The molecule has 1 aromatic heterocycles. The summed E-state index contributed by atoms with van der Waals surface area (Å²) >= 11 is 1.39.